The van der Waals surface area contributed by atoms with Gasteiger partial charge in [0.25, 0.3) is 0 Å². The molecule has 0 bridgehead atoms. The minimum Gasteiger partial charge on any atom is -0.399 e. The van der Waals surface area contributed by atoms with Crippen molar-refractivity contribution in [3.63, 3.8) is 0 Å². The van der Waals surface area contributed by atoms with Gasteiger partial charge in [-0.3, -0.25) is 0 Å². The standard InChI is InChI=1S/2C36H31BN2O2.C32H29BN2O2/c1-35(2)36(3,4)41-37(40-35)27-21-19-26(20-22-27)34-38-32(30-17-9-13-24-11-5-7-15-28(24)30)23-33(39-34)31-18-10-14-25-12-6-8-16-29(25)31;1-35(2)36(3,4)41-37(40-35)29-20-18-27(19-21-29)34-38-32(26-11-6-5-7-12-26)23-33(39-34)28-17-16-25-15-14-24-10-8-9-13-30(24)31(25)22-28;1-31(2)32(3,4)37-33(36-31)25-19-17-24(18-20-25)30-34-28(23-12-6-5-7-13-23)21-29(35-30)27-16-10-14-22-11-8-9-15-26(22)27/h2*5-23H,1-4H3;5-21H,1-4H3. The van der Waals surface area contributed by atoms with E-state index in [-0.39, 0.29) is 33.6 Å². The predicted molar refractivity (Wildman–Crippen MR) is 490 cm³/mol. The second-order valence-corrected chi connectivity index (χ2v) is 34.1. The zero-order valence-electron chi connectivity index (χ0n) is 69.1. The Labute approximate surface area is 697 Å². The van der Waals surface area contributed by atoms with Gasteiger partial charge in [0.15, 0.2) is 17.5 Å². The Morgan fingerprint density at radius 1 is 0.185 bits per heavy atom. The van der Waals surface area contributed by atoms with Crippen molar-refractivity contribution in [2.45, 2.75) is 117 Å². The van der Waals surface area contributed by atoms with Gasteiger partial charge in [-0.1, -0.05) is 309 Å². The molecule has 582 valence electrons. The monoisotopic (exact) mass is 1550 g/mol. The molecule has 0 amide bonds. The first-order valence-electron chi connectivity index (χ1n) is 40.9. The molecular formula is C104H91B3N6O6. The van der Waals surface area contributed by atoms with E-state index < -0.39 is 21.4 Å². The van der Waals surface area contributed by atoms with Crippen molar-refractivity contribution in [3.05, 3.63) is 334 Å². The molecule has 3 aliphatic heterocycles. The molecule has 0 saturated carbocycles. The Kier molecular flexibility index (Phi) is 20.4. The van der Waals surface area contributed by atoms with E-state index in [0.717, 1.165) is 101 Å². The van der Waals surface area contributed by atoms with Crippen LogP contribution in [0.4, 0.5) is 0 Å². The number of hydrogen-bond donors (Lipinski definition) is 0. The number of fused-ring (bicyclic) bond motifs is 6. The van der Waals surface area contributed by atoms with Gasteiger partial charge in [-0.05, 0) is 178 Å². The molecule has 0 atom stereocenters. The summed E-state index contributed by atoms with van der Waals surface area (Å²) >= 11 is 0. The largest absolute Gasteiger partial charge is 0.494 e. The molecule has 0 radical (unpaired) electrons. The predicted octanol–water partition coefficient (Wildman–Crippen LogP) is 23.1. The van der Waals surface area contributed by atoms with Crippen LogP contribution in [0.15, 0.2) is 334 Å². The van der Waals surface area contributed by atoms with Crippen LogP contribution in [0.3, 0.4) is 0 Å². The molecule has 20 rings (SSSR count). The number of hydrogen-bond acceptors (Lipinski definition) is 12. The van der Waals surface area contributed by atoms with Crippen LogP contribution in [0, 0.1) is 0 Å². The molecule has 15 heteroatoms. The van der Waals surface area contributed by atoms with E-state index in [1.807, 2.05) is 48.5 Å². The molecule has 3 aromatic heterocycles. The van der Waals surface area contributed by atoms with Crippen LogP contribution >= 0.6 is 0 Å². The van der Waals surface area contributed by atoms with Crippen molar-refractivity contribution in [3.8, 4) is 102 Å². The molecule has 3 aliphatic rings. The van der Waals surface area contributed by atoms with Crippen LogP contribution in [0.25, 0.3) is 156 Å². The van der Waals surface area contributed by atoms with Crippen LogP contribution in [-0.4, -0.2) is 84.9 Å². The highest BCUT2D eigenvalue weighted by Crippen LogP contribution is 2.43. The van der Waals surface area contributed by atoms with Gasteiger partial charge in [0, 0.05) is 50.1 Å². The Bertz CT molecular complexity index is 6510. The van der Waals surface area contributed by atoms with Crippen LogP contribution in [0.5, 0.6) is 0 Å². The van der Waals surface area contributed by atoms with Crippen LogP contribution in [-0.2, 0) is 27.9 Å². The van der Waals surface area contributed by atoms with E-state index in [4.69, 9.17) is 57.8 Å². The maximum atomic E-state index is 6.28. The summed E-state index contributed by atoms with van der Waals surface area (Å²) in [5.74, 6) is 2.04. The number of aromatic nitrogens is 6. The second kappa shape index (κ2) is 31.1. The molecule has 3 fully saturated rings. The van der Waals surface area contributed by atoms with Gasteiger partial charge in [0.05, 0.1) is 67.8 Å². The molecule has 0 N–H and O–H groups in total. The van der Waals surface area contributed by atoms with Gasteiger partial charge in [0.1, 0.15) is 0 Å². The first-order valence-corrected chi connectivity index (χ1v) is 40.9. The minimum atomic E-state index is -0.414. The molecule has 0 spiro atoms. The Balaban J connectivity index is 0.000000123. The average Bonchev–Trinajstić information content (AvgIpc) is 1.76. The van der Waals surface area contributed by atoms with Gasteiger partial charge in [-0.2, -0.15) is 0 Å². The van der Waals surface area contributed by atoms with Crippen molar-refractivity contribution in [1.82, 2.24) is 29.9 Å². The summed E-state index contributed by atoms with van der Waals surface area (Å²) in [6.07, 6.45) is 0. The topological polar surface area (TPSA) is 133 Å². The van der Waals surface area contributed by atoms with Crippen LogP contribution in [0.1, 0.15) is 83.1 Å². The lowest BCUT2D eigenvalue weighted by molar-refractivity contribution is 0.00578. The molecule has 6 heterocycles. The molecule has 17 aromatic rings. The third-order valence-electron chi connectivity index (χ3n) is 24.6. The maximum absolute atomic E-state index is 6.28. The lowest BCUT2D eigenvalue weighted by Crippen LogP contribution is -2.41. The minimum absolute atomic E-state index is 0.378. The first-order chi connectivity index (χ1) is 57.4. The van der Waals surface area contributed by atoms with E-state index in [9.17, 15) is 0 Å². The summed E-state index contributed by atoms with van der Waals surface area (Å²) in [6.45, 7) is 24.8. The Morgan fingerprint density at radius 3 is 0.756 bits per heavy atom. The summed E-state index contributed by atoms with van der Waals surface area (Å²) in [5.41, 5.74) is 15.2. The number of nitrogens with zero attached hydrogens (tertiary/aromatic N) is 6. The quantitative estimate of drug-likeness (QED) is 0.0852. The van der Waals surface area contributed by atoms with Gasteiger partial charge in [-0.25, -0.2) is 29.9 Å². The zero-order valence-corrected chi connectivity index (χ0v) is 69.1. The van der Waals surface area contributed by atoms with Crippen molar-refractivity contribution in [2.24, 2.45) is 0 Å². The lowest BCUT2D eigenvalue weighted by atomic mass is 9.79. The average molecular weight is 1550 g/mol. The molecule has 14 aromatic carbocycles. The molecule has 3 saturated heterocycles. The van der Waals surface area contributed by atoms with Gasteiger partial charge >= 0.3 is 21.4 Å². The summed E-state index contributed by atoms with van der Waals surface area (Å²) in [6, 6.07) is 115. The second-order valence-electron chi connectivity index (χ2n) is 34.1. The third kappa shape index (κ3) is 15.5. The highest BCUT2D eigenvalue weighted by molar-refractivity contribution is 6.63. The molecule has 0 unspecified atom stereocenters. The van der Waals surface area contributed by atoms with Crippen molar-refractivity contribution >= 4 is 91.6 Å². The van der Waals surface area contributed by atoms with E-state index in [0.29, 0.717) is 17.5 Å². The zero-order chi connectivity index (χ0) is 82.0. The summed E-state index contributed by atoms with van der Waals surface area (Å²) in [4.78, 5) is 30.4. The third-order valence-corrected chi connectivity index (χ3v) is 24.6. The first kappa shape index (κ1) is 77.8. The Morgan fingerprint density at radius 2 is 0.420 bits per heavy atom. The van der Waals surface area contributed by atoms with Gasteiger partial charge in [0.2, 0.25) is 0 Å². The van der Waals surface area contributed by atoms with E-state index in [2.05, 4.69) is 368 Å². The van der Waals surface area contributed by atoms with Crippen LogP contribution in [0.2, 0.25) is 0 Å². The highest BCUT2D eigenvalue weighted by Gasteiger charge is 2.54. The maximum Gasteiger partial charge on any atom is 0.494 e. The van der Waals surface area contributed by atoms with Crippen molar-refractivity contribution in [1.29, 1.82) is 0 Å². The number of rotatable bonds is 12. The fourth-order valence-corrected chi connectivity index (χ4v) is 15.6. The van der Waals surface area contributed by atoms with Crippen molar-refractivity contribution in [2.75, 3.05) is 0 Å². The molecule has 0 aliphatic carbocycles. The summed E-state index contributed by atoms with van der Waals surface area (Å²) in [7, 11) is -1.22. The normalized spacial score (nSPS) is 16.1. The highest BCUT2D eigenvalue weighted by atomic mass is 16.7. The number of benzene rings is 14. The van der Waals surface area contributed by atoms with Gasteiger partial charge in [-0.15, -0.1) is 0 Å². The van der Waals surface area contributed by atoms with Crippen LogP contribution < -0.4 is 16.4 Å². The van der Waals surface area contributed by atoms with E-state index >= 15 is 0 Å². The van der Waals surface area contributed by atoms with E-state index in [1.54, 1.807) is 0 Å². The fraction of sp³-hybridized carbons (Fsp3) is 0.173. The lowest BCUT2D eigenvalue weighted by Gasteiger charge is -2.32. The smallest absolute Gasteiger partial charge is 0.399 e. The molecule has 12 nitrogen and oxygen atoms in total. The summed E-state index contributed by atoms with van der Waals surface area (Å²) < 4.78 is 37.6. The van der Waals surface area contributed by atoms with Crippen molar-refractivity contribution < 1.29 is 27.9 Å². The SMILES string of the molecule is CC1(C)OB(c2ccc(-c3nc(-c4cccc5ccccc45)cc(-c4cccc5ccccc45)n3)cc2)OC1(C)C.CC1(C)OB(c2ccc(-c3nc(-c4ccccc4)cc(-c4ccc5ccc6ccccc6c5c4)n3)cc2)OC1(C)C.CC1(C)OB(c2ccc(-c3nc(-c4ccccc4)cc(-c4cccc5ccccc45)n3)cc2)OC1(C)C. The molecular weight excluding hydrogens is 1460 g/mol. The van der Waals surface area contributed by atoms with E-state index in [1.165, 1.54) is 53.9 Å². The van der Waals surface area contributed by atoms with Gasteiger partial charge < -0.3 is 27.9 Å². The fourth-order valence-electron chi connectivity index (χ4n) is 15.6. The Hall–Kier alpha value is -12.4. The molecule has 119 heavy (non-hydrogen) atoms. The summed E-state index contributed by atoms with van der Waals surface area (Å²) in [5, 5.41) is 12.0.